The number of hydrogen-bond donors (Lipinski definition) is 0. The summed E-state index contributed by atoms with van der Waals surface area (Å²) in [6.07, 6.45) is 0. The van der Waals surface area contributed by atoms with E-state index < -0.39 is 7.92 Å². The van der Waals surface area contributed by atoms with E-state index in [-0.39, 0.29) is 35.6 Å². The molecule has 0 fully saturated rings. The Bertz CT molecular complexity index is 529. The first kappa shape index (κ1) is 15.7. The maximum absolute atomic E-state index is 2.23. The Morgan fingerprint density at radius 3 is 0.900 bits per heavy atom. The third-order valence-electron chi connectivity index (χ3n) is 3.04. The van der Waals surface area contributed by atoms with Gasteiger partial charge in [0.2, 0.25) is 0 Å². The Morgan fingerprint density at radius 1 is 0.400 bits per heavy atom. The van der Waals surface area contributed by atoms with Crippen molar-refractivity contribution in [1.82, 2.24) is 0 Å². The van der Waals surface area contributed by atoms with Crippen LogP contribution in [0.4, 0.5) is 0 Å². The molecule has 2 heteroatoms. The summed E-state index contributed by atoms with van der Waals surface area (Å²) in [4.78, 5) is 0. The Kier molecular flexibility index (Phi) is 6.19. The van der Waals surface area contributed by atoms with Gasteiger partial charge < -0.3 is 0 Å². The summed E-state index contributed by atoms with van der Waals surface area (Å²) in [5, 5.41) is 4.19. The average Bonchev–Trinajstić information content (AvgIpc) is 2.51. The summed E-state index contributed by atoms with van der Waals surface area (Å²) in [6.45, 7) is 0. The Labute approximate surface area is 149 Å². The molecule has 0 unspecified atom stereocenters. The zero-order chi connectivity index (χ0) is 12.9. The molecule has 0 aliphatic heterocycles. The van der Waals surface area contributed by atoms with E-state index in [9.17, 15) is 0 Å². The minimum Gasteiger partial charge on any atom is -0.0622 e. The van der Waals surface area contributed by atoms with Gasteiger partial charge in [-0.25, -0.2) is 0 Å². The van der Waals surface area contributed by atoms with Crippen LogP contribution in [0.2, 0.25) is 0 Å². The molecule has 0 saturated carbocycles. The summed E-state index contributed by atoms with van der Waals surface area (Å²) < 4.78 is 0. The predicted octanol–water partition coefficient (Wildman–Crippen LogP) is 3.44. The van der Waals surface area contributed by atoms with E-state index in [0.717, 1.165) is 0 Å². The van der Waals surface area contributed by atoms with Gasteiger partial charge in [0.15, 0.2) is 0 Å². The van der Waals surface area contributed by atoms with Crippen LogP contribution in [0.25, 0.3) is 0 Å². The second kappa shape index (κ2) is 7.91. The van der Waals surface area contributed by atoms with Crippen molar-refractivity contribution in [2.45, 2.75) is 0 Å². The molecule has 0 N–H and O–H groups in total. The topological polar surface area (TPSA) is 0 Å². The number of rotatable bonds is 3. The van der Waals surface area contributed by atoms with E-state index >= 15 is 0 Å². The quantitative estimate of drug-likeness (QED) is 0.590. The molecular weight excluding hydrogens is 386 g/mol. The molecule has 0 spiro atoms. The van der Waals surface area contributed by atoms with Gasteiger partial charge in [0.25, 0.3) is 0 Å². The first-order chi connectivity index (χ1) is 9.45. The van der Waals surface area contributed by atoms with Crippen molar-refractivity contribution in [1.29, 1.82) is 0 Å². The number of benzene rings is 3. The van der Waals surface area contributed by atoms with Crippen LogP contribution in [0.3, 0.4) is 0 Å². The molecule has 0 saturated heterocycles. The molecule has 1 radical (unpaired) electrons. The van der Waals surface area contributed by atoms with Crippen LogP contribution >= 0.6 is 7.92 Å². The Hall–Kier alpha value is -0.715. The van der Waals surface area contributed by atoms with E-state index in [1.54, 1.807) is 0 Å². The van der Waals surface area contributed by atoms with Gasteiger partial charge in [-0.1, -0.05) is 91.0 Å². The fourth-order valence-electron chi connectivity index (χ4n) is 2.18. The van der Waals surface area contributed by atoms with Crippen molar-refractivity contribution in [3.63, 3.8) is 0 Å². The van der Waals surface area contributed by atoms with Gasteiger partial charge in [-0.2, -0.15) is 0 Å². The molecule has 0 aromatic heterocycles. The van der Waals surface area contributed by atoms with Crippen LogP contribution in [0.15, 0.2) is 91.0 Å². The fraction of sp³-hybridized carbons (Fsp3) is 0. The van der Waals surface area contributed by atoms with E-state index in [1.807, 2.05) is 0 Å². The standard InChI is InChI=1S/C18H15P.La/c1-4-10-16(11-5-1)19(17-12-6-2-7-13-17)18-14-8-3-9-15-18;/h1-15H;. The molecule has 0 atom stereocenters. The van der Waals surface area contributed by atoms with Crippen molar-refractivity contribution in [3.05, 3.63) is 91.0 Å². The molecule has 3 aromatic rings. The molecule has 20 heavy (non-hydrogen) atoms. The normalized spacial score (nSPS) is 10.1. The Morgan fingerprint density at radius 2 is 0.650 bits per heavy atom. The summed E-state index contributed by atoms with van der Waals surface area (Å²) in [5.41, 5.74) is 0. The van der Waals surface area contributed by atoms with Crippen molar-refractivity contribution >= 4 is 23.8 Å². The summed E-state index contributed by atoms with van der Waals surface area (Å²) in [6, 6.07) is 32.3. The second-order valence-electron chi connectivity index (χ2n) is 4.34. The Balaban J connectivity index is 0.00000147. The molecule has 0 aliphatic carbocycles. The first-order valence-corrected chi connectivity index (χ1v) is 7.74. The van der Waals surface area contributed by atoms with E-state index in [1.165, 1.54) is 15.9 Å². The maximum Gasteiger partial charge on any atom is 0 e. The molecule has 3 rings (SSSR count). The number of hydrogen-bond acceptors (Lipinski definition) is 0. The van der Waals surface area contributed by atoms with Crippen LogP contribution < -0.4 is 15.9 Å². The minimum absolute atomic E-state index is 0. The minimum atomic E-state index is -0.446. The molecule has 95 valence electrons. The van der Waals surface area contributed by atoms with Gasteiger partial charge in [-0.15, -0.1) is 0 Å². The van der Waals surface area contributed by atoms with E-state index in [2.05, 4.69) is 91.0 Å². The van der Waals surface area contributed by atoms with E-state index in [0.29, 0.717) is 0 Å². The molecule has 0 amide bonds. The summed E-state index contributed by atoms with van der Waals surface area (Å²) >= 11 is 0. The molecule has 0 heterocycles. The van der Waals surface area contributed by atoms with Crippen molar-refractivity contribution in [2.24, 2.45) is 0 Å². The first-order valence-electron chi connectivity index (χ1n) is 6.40. The van der Waals surface area contributed by atoms with Crippen molar-refractivity contribution < 1.29 is 35.6 Å². The van der Waals surface area contributed by atoms with Gasteiger partial charge in [0, 0.05) is 35.6 Å². The predicted molar refractivity (Wildman–Crippen MR) is 85.1 cm³/mol. The van der Waals surface area contributed by atoms with Crippen LogP contribution in [0, 0.1) is 35.6 Å². The third kappa shape index (κ3) is 3.68. The smallest absolute Gasteiger partial charge is 0 e. The average molecular weight is 401 g/mol. The fourth-order valence-corrected chi connectivity index (χ4v) is 4.48. The van der Waals surface area contributed by atoms with Gasteiger partial charge in [-0.3, -0.25) is 0 Å². The summed E-state index contributed by atoms with van der Waals surface area (Å²) in [7, 11) is -0.446. The van der Waals surface area contributed by atoms with Gasteiger partial charge in [-0.05, 0) is 23.8 Å². The molecule has 0 aliphatic rings. The third-order valence-corrected chi connectivity index (χ3v) is 5.49. The monoisotopic (exact) mass is 401 g/mol. The van der Waals surface area contributed by atoms with Crippen LogP contribution in [-0.4, -0.2) is 0 Å². The molecule has 3 aromatic carbocycles. The van der Waals surface area contributed by atoms with Gasteiger partial charge in [0.05, 0.1) is 0 Å². The van der Waals surface area contributed by atoms with Crippen LogP contribution in [-0.2, 0) is 0 Å². The van der Waals surface area contributed by atoms with Gasteiger partial charge >= 0.3 is 0 Å². The zero-order valence-corrected chi connectivity index (χ0v) is 15.7. The second-order valence-corrected chi connectivity index (χ2v) is 6.56. The summed E-state index contributed by atoms with van der Waals surface area (Å²) in [5.74, 6) is 0. The van der Waals surface area contributed by atoms with E-state index in [4.69, 9.17) is 0 Å². The van der Waals surface area contributed by atoms with Crippen molar-refractivity contribution in [3.8, 4) is 0 Å². The molecule has 0 bridgehead atoms. The molecule has 0 nitrogen and oxygen atoms in total. The SMILES string of the molecule is [La].c1ccc(P(c2ccccc2)c2ccccc2)cc1. The van der Waals surface area contributed by atoms with Crippen LogP contribution in [0.5, 0.6) is 0 Å². The van der Waals surface area contributed by atoms with Gasteiger partial charge in [0.1, 0.15) is 0 Å². The van der Waals surface area contributed by atoms with Crippen molar-refractivity contribution in [2.75, 3.05) is 0 Å². The zero-order valence-electron chi connectivity index (χ0n) is 11.2. The molecular formula is C18H15LaP. The largest absolute Gasteiger partial charge is 0.0622 e. The van der Waals surface area contributed by atoms with Crippen LogP contribution in [0.1, 0.15) is 0 Å². The maximum atomic E-state index is 2.23.